The van der Waals surface area contributed by atoms with Crippen molar-refractivity contribution in [3.8, 4) is 5.75 Å². The molecule has 0 fully saturated rings. The van der Waals surface area contributed by atoms with Crippen molar-refractivity contribution in [3.63, 3.8) is 0 Å². The molecule has 3 heteroatoms. The standard InChI is InChI=1S/C10H11IO2/c1-7-5-8(13-2)3-4-9(7)10(12)6-11/h3-5H,6H2,1-2H3. The lowest BCUT2D eigenvalue weighted by Gasteiger charge is -2.05. The Morgan fingerprint density at radius 1 is 1.54 bits per heavy atom. The zero-order chi connectivity index (χ0) is 9.84. The zero-order valence-electron chi connectivity index (χ0n) is 7.63. The van der Waals surface area contributed by atoms with Crippen LogP contribution in [0.15, 0.2) is 18.2 Å². The van der Waals surface area contributed by atoms with Gasteiger partial charge in [0.15, 0.2) is 5.78 Å². The first-order valence-corrected chi connectivity index (χ1v) is 5.45. The van der Waals surface area contributed by atoms with Crippen molar-refractivity contribution in [1.29, 1.82) is 0 Å². The molecule has 0 aliphatic carbocycles. The molecular formula is C10H11IO2. The third-order valence-corrected chi connectivity index (χ3v) is 2.55. The summed E-state index contributed by atoms with van der Waals surface area (Å²) in [6, 6.07) is 5.50. The van der Waals surface area contributed by atoms with E-state index >= 15 is 0 Å². The molecule has 1 rings (SSSR count). The predicted octanol–water partition coefficient (Wildman–Crippen LogP) is 2.62. The highest BCUT2D eigenvalue weighted by molar-refractivity contribution is 14.1. The molecule has 0 saturated heterocycles. The lowest BCUT2D eigenvalue weighted by atomic mass is 10.1. The van der Waals surface area contributed by atoms with Crippen LogP contribution in [0.3, 0.4) is 0 Å². The van der Waals surface area contributed by atoms with Crippen LogP contribution in [0.1, 0.15) is 15.9 Å². The van der Waals surface area contributed by atoms with Crippen LogP contribution in [0.2, 0.25) is 0 Å². The first-order valence-electron chi connectivity index (χ1n) is 3.93. The molecule has 1 aromatic carbocycles. The molecule has 0 heterocycles. The van der Waals surface area contributed by atoms with Gasteiger partial charge in [-0.05, 0) is 30.7 Å². The predicted molar refractivity (Wildman–Crippen MR) is 60.9 cm³/mol. The van der Waals surface area contributed by atoms with Crippen molar-refractivity contribution in [2.45, 2.75) is 6.92 Å². The molecule has 0 spiro atoms. The lowest BCUT2D eigenvalue weighted by molar-refractivity contribution is 0.102. The van der Waals surface area contributed by atoms with Crippen molar-refractivity contribution in [2.75, 3.05) is 11.5 Å². The van der Waals surface area contributed by atoms with Gasteiger partial charge in [0.2, 0.25) is 0 Å². The minimum absolute atomic E-state index is 0.167. The fraction of sp³-hybridized carbons (Fsp3) is 0.300. The first kappa shape index (κ1) is 10.5. The highest BCUT2D eigenvalue weighted by atomic mass is 127. The molecule has 70 valence electrons. The van der Waals surface area contributed by atoms with Gasteiger partial charge < -0.3 is 4.74 Å². The van der Waals surface area contributed by atoms with E-state index in [9.17, 15) is 4.79 Å². The highest BCUT2D eigenvalue weighted by Crippen LogP contribution is 2.17. The van der Waals surface area contributed by atoms with Crippen LogP contribution in [0.5, 0.6) is 5.75 Å². The van der Waals surface area contributed by atoms with E-state index in [1.807, 2.05) is 25.1 Å². The summed E-state index contributed by atoms with van der Waals surface area (Å²) in [7, 11) is 1.62. The van der Waals surface area contributed by atoms with E-state index in [1.165, 1.54) is 0 Å². The normalized spacial score (nSPS) is 9.77. The maximum atomic E-state index is 11.4. The summed E-state index contributed by atoms with van der Waals surface area (Å²) in [6.07, 6.45) is 0. The van der Waals surface area contributed by atoms with E-state index in [-0.39, 0.29) is 5.78 Å². The molecule has 0 N–H and O–H groups in total. The molecule has 0 saturated carbocycles. The second kappa shape index (κ2) is 4.60. The number of rotatable bonds is 3. The van der Waals surface area contributed by atoms with Gasteiger partial charge in [-0.15, -0.1) is 0 Å². The molecule has 2 nitrogen and oxygen atoms in total. The molecule has 0 aliphatic rings. The topological polar surface area (TPSA) is 26.3 Å². The van der Waals surface area contributed by atoms with E-state index in [4.69, 9.17) is 4.74 Å². The summed E-state index contributed by atoms with van der Waals surface area (Å²) >= 11 is 2.07. The van der Waals surface area contributed by atoms with Gasteiger partial charge in [0.1, 0.15) is 5.75 Å². The number of halogens is 1. The Hall–Kier alpha value is -0.580. The van der Waals surface area contributed by atoms with Crippen LogP contribution in [-0.2, 0) is 0 Å². The summed E-state index contributed by atoms with van der Waals surface area (Å²) in [4.78, 5) is 11.4. The van der Waals surface area contributed by atoms with Crippen molar-refractivity contribution in [2.24, 2.45) is 0 Å². The number of hydrogen-bond donors (Lipinski definition) is 0. The van der Waals surface area contributed by atoms with Crippen LogP contribution >= 0.6 is 22.6 Å². The number of ketones is 1. The van der Waals surface area contributed by atoms with Crippen LogP contribution in [0.25, 0.3) is 0 Å². The van der Waals surface area contributed by atoms with Gasteiger partial charge >= 0.3 is 0 Å². The first-order chi connectivity index (χ1) is 6.19. The monoisotopic (exact) mass is 290 g/mol. The van der Waals surface area contributed by atoms with E-state index in [0.717, 1.165) is 16.9 Å². The number of carbonyl (C=O) groups excluding carboxylic acids is 1. The van der Waals surface area contributed by atoms with E-state index < -0.39 is 0 Å². The number of methoxy groups -OCH3 is 1. The maximum absolute atomic E-state index is 11.4. The fourth-order valence-corrected chi connectivity index (χ4v) is 1.56. The Kier molecular flexibility index (Phi) is 3.71. The van der Waals surface area contributed by atoms with Crippen molar-refractivity contribution in [3.05, 3.63) is 29.3 Å². The number of hydrogen-bond acceptors (Lipinski definition) is 2. The summed E-state index contributed by atoms with van der Waals surface area (Å²) in [5.74, 6) is 0.961. The summed E-state index contributed by atoms with van der Waals surface area (Å²) in [5.41, 5.74) is 1.76. The van der Waals surface area contributed by atoms with E-state index in [0.29, 0.717) is 4.43 Å². The van der Waals surface area contributed by atoms with Crippen molar-refractivity contribution < 1.29 is 9.53 Å². The van der Waals surface area contributed by atoms with Crippen LogP contribution < -0.4 is 4.74 Å². The summed E-state index contributed by atoms with van der Waals surface area (Å²) < 4.78 is 5.57. The lowest BCUT2D eigenvalue weighted by Crippen LogP contribution is -2.02. The number of aryl methyl sites for hydroxylation is 1. The molecule has 0 radical (unpaired) electrons. The molecule has 0 aliphatic heterocycles. The average Bonchev–Trinajstić information content (AvgIpc) is 2.16. The van der Waals surface area contributed by atoms with Crippen LogP contribution in [-0.4, -0.2) is 17.3 Å². The van der Waals surface area contributed by atoms with Gasteiger partial charge in [-0.3, -0.25) is 4.79 Å². The van der Waals surface area contributed by atoms with Gasteiger partial charge in [-0.2, -0.15) is 0 Å². The molecule has 13 heavy (non-hydrogen) atoms. The van der Waals surface area contributed by atoms with Crippen molar-refractivity contribution >= 4 is 28.4 Å². The Labute approximate surface area is 91.4 Å². The third kappa shape index (κ3) is 2.43. The Morgan fingerprint density at radius 3 is 2.69 bits per heavy atom. The van der Waals surface area contributed by atoms with E-state index in [2.05, 4.69) is 22.6 Å². The van der Waals surface area contributed by atoms with Gasteiger partial charge in [0.05, 0.1) is 11.5 Å². The summed E-state index contributed by atoms with van der Waals surface area (Å²) in [6.45, 7) is 1.92. The minimum Gasteiger partial charge on any atom is -0.497 e. The molecule has 0 unspecified atom stereocenters. The smallest absolute Gasteiger partial charge is 0.172 e. The third-order valence-electron chi connectivity index (χ3n) is 1.86. The highest BCUT2D eigenvalue weighted by Gasteiger charge is 2.07. The number of carbonyl (C=O) groups is 1. The Morgan fingerprint density at radius 2 is 2.23 bits per heavy atom. The SMILES string of the molecule is COc1ccc(C(=O)CI)c(C)c1. The molecule has 1 aromatic rings. The van der Waals surface area contributed by atoms with E-state index in [1.54, 1.807) is 7.11 Å². The van der Waals surface area contributed by atoms with Crippen LogP contribution in [0.4, 0.5) is 0 Å². The van der Waals surface area contributed by atoms with Gasteiger partial charge in [0.25, 0.3) is 0 Å². The van der Waals surface area contributed by atoms with Crippen LogP contribution in [0, 0.1) is 6.92 Å². The second-order valence-electron chi connectivity index (χ2n) is 2.74. The molecular weight excluding hydrogens is 279 g/mol. The Bertz CT molecular complexity index is 321. The fourth-order valence-electron chi connectivity index (χ4n) is 1.15. The quantitative estimate of drug-likeness (QED) is 0.486. The molecule has 0 bridgehead atoms. The number of benzene rings is 1. The maximum Gasteiger partial charge on any atom is 0.172 e. The number of ether oxygens (including phenoxy) is 1. The largest absolute Gasteiger partial charge is 0.497 e. The zero-order valence-corrected chi connectivity index (χ0v) is 9.79. The van der Waals surface area contributed by atoms with Crippen molar-refractivity contribution in [1.82, 2.24) is 0 Å². The average molecular weight is 290 g/mol. The number of Topliss-reactive ketones (excluding diaryl/α,β-unsaturated/α-hetero) is 1. The number of alkyl halides is 1. The van der Waals surface area contributed by atoms with Gasteiger partial charge in [-0.1, -0.05) is 22.6 Å². The molecule has 0 atom stereocenters. The van der Waals surface area contributed by atoms with Gasteiger partial charge in [-0.25, -0.2) is 0 Å². The second-order valence-corrected chi connectivity index (χ2v) is 3.50. The Balaban J connectivity index is 3.05. The minimum atomic E-state index is 0.167. The molecule has 0 aromatic heterocycles. The van der Waals surface area contributed by atoms with Gasteiger partial charge in [0, 0.05) is 5.56 Å². The summed E-state index contributed by atoms with van der Waals surface area (Å²) in [5, 5.41) is 0. The molecule has 0 amide bonds.